The van der Waals surface area contributed by atoms with E-state index in [1.807, 2.05) is 23.1 Å². The number of likely N-dealkylation sites (tertiary alicyclic amines) is 1. The average Bonchev–Trinajstić information content (AvgIpc) is 3.16. The molecule has 0 radical (unpaired) electrons. The summed E-state index contributed by atoms with van der Waals surface area (Å²) in [7, 11) is 0. The summed E-state index contributed by atoms with van der Waals surface area (Å²) in [5, 5.41) is 4.99. The first kappa shape index (κ1) is 16.8. The van der Waals surface area contributed by atoms with Crippen molar-refractivity contribution >= 4 is 29.9 Å². The van der Waals surface area contributed by atoms with Crippen molar-refractivity contribution in [3.8, 4) is 5.69 Å². The van der Waals surface area contributed by atoms with Gasteiger partial charge in [-0.15, -0.1) is 12.4 Å². The SMILES string of the molecule is Cl.NCC1CCN(C(=O)c2ccn(-c3cccc(Cl)c3)n2)C1. The lowest BCUT2D eigenvalue weighted by atomic mass is 10.1. The lowest BCUT2D eigenvalue weighted by Crippen LogP contribution is -2.30. The predicted molar refractivity (Wildman–Crippen MR) is 88.9 cm³/mol. The van der Waals surface area contributed by atoms with Crippen LogP contribution in [0.5, 0.6) is 0 Å². The molecule has 1 unspecified atom stereocenters. The van der Waals surface area contributed by atoms with Crippen molar-refractivity contribution in [1.82, 2.24) is 14.7 Å². The number of benzene rings is 1. The van der Waals surface area contributed by atoms with Crippen LogP contribution in [0.2, 0.25) is 5.02 Å². The van der Waals surface area contributed by atoms with Crippen molar-refractivity contribution in [2.75, 3.05) is 19.6 Å². The van der Waals surface area contributed by atoms with Crippen molar-refractivity contribution < 1.29 is 4.79 Å². The van der Waals surface area contributed by atoms with Gasteiger partial charge in [-0.2, -0.15) is 5.10 Å². The number of hydrogen-bond acceptors (Lipinski definition) is 3. The van der Waals surface area contributed by atoms with E-state index in [9.17, 15) is 4.79 Å². The molecule has 3 rings (SSSR count). The van der Waals surface area contributed by atoms with Crippen LogP contribution in [0.25, 0.3) is 5.69 Å². The van der Waals surface area contributed by atoms with Crippen molar-refractivity contribution in [2.45, 2.75) is 6.42 Å². The first-order valence-corrected chi connectivity index (χ1v) is 7.36. The van der Waals surface area contributed by atoms with Gasteiger partial charge in [-0.25, -0.2) is 4.68 Å². The zero-order valence-corrected chi connectivity index (χ0v) is 13.6. The second kappa shape index (κ2) is 7.13. The number of amides is 1. The van der Waals surface area contributed by atoms with Crippen LogP contribution in [0.15, 0.2) is 36.5 Å². The molecule has 5 nitrogen and oxygen atoms in total. The zero-order chi connectivity index (χ0) is 14.8. The topological polar surface area (TPSA) is 64.2 Å². The Hall–Kier alpha value is -1.56. The quantitative estimate of drug-likeness (QED) is 0.932. The fraction of sp³-hybridized carbons (Fsp3) is 0.333. The number of hydrogen-bond donors (Lipinski definition) is 1. The van der Waals surface area contributed by atoms with E-state index in [0.717, 1.165) is 25.2 Å². The number of carbonyl (C=O) groups is 1. The minimum Gasteiger partial charge on any atom is -0.337 e. The summed E-state index contributed by atoms with van der Waals surface area (Å²) < 4.78 is 1.66. The maximum absolute atomic E-state index is 12.4. The second-order valence-corrected chi connectivity index (χ2v) is 5.70. The molecular weight excluding hydrogens is 323 g/mol. The average molecular weight is 341 g/mol. The molecule has 0 saturated carbocycles. The van der Waals surface area contributed by atoms with E-state index in [1.165, 1.54) is 0 Å². The summed E-state index contributed by atoms with van der Waals surface area (Å²) in [6.07, 6.45) is 2.74. The summed E-state index contributed by atoms with van der Waals surface area (Å²) in [5.41, 5.74) is 6.95. The van der Waals surface area contributed by atoms with Gasteiger partial charge < -0.3 is 10.6 Å². The van der Waals surface area contributed by atoms with Gasteiger partial charge >= 0.3 is 0 Å². The zero-order valence-electron chi connectivity index (χ0n) is 12.0. The molecule has 1 amide bonds. The summed E-state index contributed by atoms with van der Waals surface area (Å²) in [6.45, 7) is 2.10. The number of carbonyl (C=O) groups excluding carboxylic acids is 1. The Morgan fingerprint density at radius 1 is 1.41 bits per heavy atom. The van der Waals surface area contributed by atoms with E-state index in [4.69, 9.17) is 17.3 Å². The Labute approximate surface area is 140 Å². The monoisotopic (exact) mass is 340 g/mol. The molecule has 7 heteroatoms. The summed E-state index contributed by atoms with van der Waals surface area (Å²) in [5.74, 6) is 0.371. The van der Waals surface area contributed by atoms with Gasteiger partial charge in [-0.05, 0) is 43.1 Å². The highest BCUT2D eigenvalue weighted by Crippen LogP contribution is 2.18. The summed E-state index contributed by atoms with van der Waals surface area (Å²) in [6, 6.07) is 9.10. The third-order valence-electron chi connectivity index (χ3n) is 3.79. The van der Waals surface area contributed by atoms with Gasteiger partial charge in [0.15, 0.2) is 5.69 Å². The minimum atomic E-state index is -0.0354. The Kier molecular flexibility index (Phi) is 5.45. The van der Waals surface area contributed by atoms with Crippen molar-refractivity contribution in [2.24, 2.45) is 11.7 Å². The third-order valence-corrected chi connectivity index (χ3v) is 4.02. The first-order chi connectivity index (χ1) is 10.2. The molecule has 0 spiro atoms. The van der Waals surface area contributed by atoms with Crippen LogP contribution in [0.3, 0.4) is 0 Å². The maximum atomic E-state index is 12.4. The molecule has 1 saturated heterocycles. The van der Waals surface area contributed by atoms with Crippen LogP contribution in [-0.4, -0.2) is 40.2 Å². The number of nitrogens with zero attached hydrogens (tertiary/aromatic N) is 3. The molecule has 1 aliphatic heterocycles. The van der Waals surface area contributed by atoms with Crippen LogP contribution in [0.1, 0.15) is 16.9 Å². The van der Waals surface area contributed by atoms with Crippen molar-refractivity contribution in [3.05, 3.63) is 47.2 Å². The van der Waals surface area contributed by atoms with Gasteiger partial charge in [-0.1, -0.05) is 17.7 Å². The van der Waals surface area contributed by atoms with Crippen LogP contribution in [0, 0.1) is 5.92 Å². The Morgan fingerprint density at radius 3 is 2.91 bits per heavy atom. The standard InChI is InChI=1S/C15H17ClN4O.ClH/c16-12-2-1-3-13(8-12)20-7-5-14(18-20)15(21)19-6-4-11(9-17)10-19;/h1-3,5,7-8,11H,4,6,9-10,17H2;1H. The summed E-state index contributed by atoms with van der Waals surface area (Å²) in [4.78, 5) is 14.2. The molecule has 1 aliphatic rings. The van der Waals surface area contributed by atoms with Gasteiger partial charge in [0.05, 0.1) is 5.69 Å². The number of rotatable bonds is 3. The van der Waals surface area contributed by atoms with E-state index in [2.05, 4.69) is 5.10 Å². The fourth-order valence-electron chi connectivity index (χ4n) is 2.57. The highest BCUT2D eigenvalue weighted by Gasteiger charge is 2.27. The maximum Gasteiger partial charge on any atom is 0.274 e. The molecule has 2 aromatic rings. The van der Waals surface area contributed by atoms with E-state index in [-0.39, 0.29) is 18.3 Å². The molecular formula is C15H18Cl2N4O. The smallest absolute Gasteiger partial charge is 0.274 e. The highest BCUT2D eigenvalue weighted by molar-refractivity contribution is 6.30. The highest BCUT2D eigenvalue weighted by atomic mass is 35.5. The van der Waals surface area contributed by atoms with Gasteiger partial charge in [0.25, 0.3) is 5.91 Å². The molecule has 0 bridgehead atoms. The van der Waals surface area contributed by atoms with Crippen LogP contribution in [-0.2, 0) is 0 Å². The van der Waals surface area contributed by atoms with Gasteiger partial charge in [0.2, 0.25) is 0 Å². The lowest BCUT2D eigenvalue weighted by Gasteiger charge is -2.14. The lowest BCUT2D eigenvalue weighted by molar-refractivity contribution is 0.0781. The van der Waals surface area contributed by atoms with E-state index < -0.39 is 0 Å². The van der Waals surface area contributed by atoms with Crippen molar-refractivity contribution in [1.29, 1.82) is 0 Å². The molecule has 1 aromatic carbocycles. The Bertz CT molecular complexity index is 658. The molecule has 2 N–H and O–H groups in total. The fourth-order valence-corrected chi connectivity index (χ4v) is 2.76. The first-order valence-electron chi connectivity index (χ1n) is 6.98. The van der Waals surface area contributed by atoms with E-state index in [1.54, 1.807) is 23.0 Å². The van der Waals surface area contributed by atoms with Crippen LogP contribution < -0.4 is 5.73 Å². The Balaban J connectivity index is 0.00000176. The molecule has 118 valence electrons. The molecule has 22 heavy (non-hydrogen) atoms. The van der Waals surface area contributed by atoms with E-state index in [0.29, 0.717) is 23.2 Å². The van der Waals surface area contributed by atoms with Gasteiger partial charge in [-0.3, -0.25) is 4.79 Å². The minimum absolute atomic E-state index is 0. The predicted octanol–water partition coefficient (Wildman–Crippen LogP) is 2.37. The van der Waals surface area contributed by atoms with Gasteiger partial charge in [0.1, 0.15) is 0 Å². The normalized spacial score (nSPS) is 17.4. The van der Waals surface area contributed by atoms with Crippen molar-refractivity contribution in [3.63, 3.8) is 0 Å². The second-order valence-electron chi connectivity index (χ2n) is 5.27. The Morgan fingerprint density at radius 2 is 2.23 bits per heavy atom. The van der Waals surface area contributed by atoms with Gasteiger partial charge in [0, 0.05) is 24.3 Å². The number of aromatic nitrogens is 2. The molecule has 2 heterocycles. The van der Waals surface area contributed by atoms with E-state index >= 15 is 0 Å². The largest absolute Gasteiger partial charge is 0.337 e. The summed E-state index contributed by atoms with van der Waals surface area (Å²) >= 11 is 5.97. The molecule has 0 aliphatic carbocycles. The molecule has 1 atom stereocenters. The third kappa shape index (κ3) is 3.43. The number of nitrogens with two attached hydrogens (primary N) is 1. The molecule has 1 fully saturated rings. The number of halogens is 2. The van der Waals surface area contributed by atoms with Crippen LogP contribution in [0.4, 0.5) is 0 Å². The molecule has 1 aromatic heterocycles. The van der Waals surface area contributed by atoms with Crippen LogP contribution >= 0.6 is 24.0 Å².